The molecule has 0 saturated heterocycles. The van der Waals surface area contributed by atoms with Crippen LogP contribution in [-0.4, -0.2) is 15.9 Å². The van der Waals surface area contributed by atoms with Crippen molar-refractivity contribution in [1.82, 2.24) is 15.3 Å². The van der Waals surface area contributed by atoms with Crippen molar-refractivity contribution in [2.24, 2.45) is 0 Å². The van der Waals surface area contributed by atoms with E-state index in [2.05, 4.69) is 15.3 Å². The number of aromatic nitrogens is 2. The molecule has 2 N–H and O–H groups in total. The van der Waals surface area contributed by atoms with Gasteiger partial charge in [0.05, 0.1) is 23.5 Å². The number of hydrogen-bond acceptors (Lipinski definition) is 3. The van der Waals surface area contributed by atoms with E-state index < -0.39 is 0 Å². The van der Waals surface area contributed by atoms with Gasteiger partial charge in [0.1, 0.15) is 5.82 Å². The van der Waals surface area contributed by atoms with Crippen LogP contribution in [0.3, 0.4) is 0 Å². The summed E-state index contributed by atoms with van der Waals surface area (Å²) in [6.07, 6.45) is 0.419. The third-order valence-electron chi connectivity index (χ3n) is 3.11. The quantitative estimate of drug-likeness (QED) is 0.774. The minimum atomic E-state index is -0.130. The van der Waals surface area contributed by atoms with E-state index in [1.807, 2.05) is 48.7 Å². The van der Waals surface area contributed by atoms with Crippen molar-refractivity contribution in [3.8, 4) is 0 Å². The number of carbonyl (C=O) groups is 1. The van der Waals surface area contributed by atoms with E-state index in [4.69, 9.17) is 0 Å². The summed E-state index contributed by atoms with van der Waals surface area (Å²) in [5.74, 6) is 0.797. The van der Waals surface area contributed by atoms with Gasteiger partial charge < -0.3 is 10.3 Å². The molecule has 0 radical (unpaired) electrons. The van der Waals surface area contributed by atoms with Gasteiger partial charge in [0.15, 0.2) is 0 Å². The molecule has 20 heavy (non-hydrogen) atoms. The van der Waals surface area contributed by atoms with Crippen LogP contribution in [0.4, 0.5) is 0 Å². The Morgan fingerprint density at radius 1 is 1.35 bits per heavy atom. The molecular formula is C15H15N3OS. The molecule has 4 nitrogen and oxygen atoms in total. The Hall–Kier alpha value is -2.14. The number of aromatic amines is 1. The zero-order chi connectivity index (χ0) is 13.9. The molecule has 0 aliphatic heterocycles. The highest BCUT2D eigenvalue weighted by atomic mass is 32.1. The summed E-state index contributed by atoms with van der Waals surface area (Å²) >= 11 is 1.59. The molecule has 3 aromatic rings. The summed E-state index contributed by atoms with van der Waals surface area (Å²) in [7, 11) is 0. The van der Waals surface area contributed by atoms with Gasteiger partial charge in [-0.05, 0) is 30.5 Å². The fourth-order valence-electron chi connectivity index (χ4n) is 2.11. The summed E-state index contributed by atoms with van der Waals surface area (Å²) in [5, 5.41) is 4.95. The molecule has 0 fully saturated rings. The van der Waals surface area contributed by atoms with Gasteiger partial charge in [0.25, 0.3) is 0 Å². The fourth-order valence-corrected chi connectivity index (χ4v) is 2.81. The van der Waals surface area contributed by atoms with Gasteiger partial charge in [0, 0.05) is 4.88 Å². The lowest BCUT2D eigenvalue weighted by molar-refractivity contribution is -0.121. The molecule has 0 spiro atoms. The van der Waals surface area contributed by atoms with E-state index in [0.717, 1.165) is 21.7 Å². The van der Waals surface area contributed by atoms with Gasteiger partial charge in [-0.15, -0.1) is 11.3 Å². The summed E-state index contributed by atoms with van der Waals surface area (Å²) in [6.45, 7) is 1.93. The summed E-state index contributed by atoms with van der Waals surface area (Å²) in [4.78, 5) is 20.8. The SMILES string of the molecule is CC(NC(=O)Cc1cccs1)c1nc2ccccc2[nH]1. The Labute approximate surface area is 120 Å². The average Bonchev–Trinajstić information content (AvgIpc) is 3.06. The number of H-pyrrole nitrogens is 1. The third-order valence-corrected chi connectivity index (χ3v) is 3.99. The molecule has 0 aliphatic rings. The normalized spacial score (nSPS) is 12.4. The highest BCUT2D eigenvalue weighted by Gasteiger charge is 2.13. The first kappa shape index (κ1) is 12.9. The highest BCUT2D eigenvalue weighted by molar-refractivity contribution is 7.10. The number of carbonyl (C=O) groups excluding carboxylic acids is 1. The van der Waals surface area contributed by atoms with Crippen LogP contribution in [0.25, 0.3) is 11.0 Å². The molecule has 5 heteroatoms. The number of nitrogens with one attached hydrogen (secondary N) is 2. The van der Waals surface area contributed by atoms with Crippen LogP contribution in [0, 0.1) is 0 Å². The second-order valence-corrected chi connectivity index (χ2v) is 5.72. The van der Waals surface area contributed by atoms with Gasteiger partial charge >= 0.3 is 0 Å². The van der Waals surface area contributed by atoms with Crippen LogP contribution in [0.1, 0.15) is 23.7 Å². The number of para-hydroxylation sites is 2. The molecule has 1 aromatic carbocycles. The molecule has 2 heterocycles. The van der Waals surface area contributed by atoms with Crippen molar-refractivity contribution in [1.29, 1.82) is 0 Å². The first-order valence-corrected chi connectivity index (χ1v) is 7.37. The zero-order valence-corrected chi connectivity index (χ0v) is 11.9. The largest absolute Gasteiger partial charge is 0.346 e. The lowest BCUT2D eigenvalue weighted by atomic mass is 10.2. The number of rotatable bonds is 4. The van der Waals surface area contributed by atoms with Gasteiger partial charge in [-0.2, -0.15) is 0 Å². The Kier molecular flexibility index (Phi) is 3.52. The van der Waals surface area contributed by atoms with Crippen LogP contribution in [0.15, 0.2) is 41.8 Å². The van der Waals surface area contributed by atoms with Crippen LogP contribution in [-0.2, 0) is 11.2 Å². The van der Waals surface area contributed by atoms with Gasteiger partial charge in [0.2, 0.25) is 5.91 Å². The van der Waals surface area contributed by atoms with Gasteiger partial charge in [-0.25, -0.2) is 4.98 Å². The third kappa shape index (κ3) is 2.72. The van der Waals surface area contributed by atoms with Crippen LogP contribution in [0.2, 0.25) is 0 Å². The summed E-state index contributed by atoms with van der Waals surface area (Å²) in [5.41, 5.74) is 1.91. The molecule has 2 aromatic heterocycles. The average molecular weight is 285 g/mol. The maximum absolute atomic E-state index is 12.0. The monoisotopic (exact) mass is 285 g/mol. The van der Waals surface area contributed by atoms with E-state index in [0.29, 0.717) is 6.42 Å². The maximum atomic E-state index is 12.0. The van der Waals surface area contributed by atoms with Gasteiger partial charge in [-0.3, -0.25) is 4.79 Å². The fraction of sp³-hybridized carbons (Fsp3) is 0.200. The van der Waals surface area contributed by atoms with Crippen molar-refractivity contribution in [3.63, 3.8) is 0 Å². The minimum Gasteiger partial charge on any atom is -0.346 e. The number of hydrogen-bond donors (Lipinski definition) is 2. The molecule has 102 valence electrons. The number of amides is 1. The Balaban J connectivity index is 1.69. The zero-order valence-electron chi connectivity index (χ0n) is 11.1. The summed E-state index contributed by atoms with van der Waals surface area (Å²) in [6, 6.07) is 11.6. The minimum absolute atomic E-state index is 0.0143. The van der Waals surface area contributed by atoms with Crippen LogP contribution >= 0.6 is 11.3 Å². The van der Waals surface area contributed by atoms with Crippen molar-refractivity contribution in [3.05, 3.63) is 52.5 Å². The van der Waals surface area contributed by atoms with Crippen molar-refractivity contribution >= 4 is 28.3 Å². The van der Waals surface area contributed by atoms with Crippen LogP contribution < -0.4 is 5.32 Å². The molecular weight excluding hydrogens is 270 g/mol. The number of benzene rings is 1. The van der Waals surface area contributed by atoms with Crippen LogP contribution in [0.5, 0.6) is 0 Å². The molecule has 3 rings (SSSR count). The maximum Gasteiger partial charge on any atom is 0.225 e. The lowest BCUT2D eigenvalue weighted by Crippen LogP contribution is -2.28. The Morgan fingerprint density at radius 3 is 2.95 bits per heavy atom. The van der Waals surface area contributed by atoms with Crippen molar-refractivity contribution < 1.29 is 4.79 Å². The van der Waals surface area contributed by atoms with Crippen molar-refractivity contribution in [2.75, 3.05) is 0 Å². The number of imidazole rings is 1. The second kappa shape index (κ2) is 5.46. The Morgan fingerprint density at radius 2 is 2.20 bits per heavy atom. The molecule has 0 bridgehead atoms. The highest BCUT2D eigenvalue weighted by Crippen LogP contribution is 2.16. The van der Waals surface area contributed by atoms with Gasteiger partial charge in [-0.1, -0.05) is 18.2 Å². The molecule has 1 amide bonds. The predicted octanol–water partition coefficient (Wildman–Crippen LogP) is 3.04. The van der Waals surface area contributed by atoms with Crippen molar-refractivity contribution in [2.45, 2.75) is 19.4 Å². The lowest BCUT2D eigenvalue weighted by Gasteiger charge is -2.10. The first-order valence-electron chi connectivity index (χ1n) is 6.49. The standard InChI is InChI=1S/C15H15N3OS/c1-10(16-14(19)9-11-5-4-8-20-11)15-17-12-6-2-3-7-13(12)18-15/h2-8,10H,9H2,1H3,(H,16,19)(H,17,18). The smallest absolute Gasteiger partial charge is 0.225 e. The topological polar surface area (TPSA) is 57.8 Å². The number of fused-ring (bicyclic) bond motifs is 1. The molecule has 0 aliphatic carbocycles. The molecule has 0 saturated carbocycles. The Bertz CT molecular complexity index is 685. The second-order valence-electron chi connectivity index (χ2n) is 4.68. The van der Waals surface area contributed by atoms with E-state index >= 15 is 0 Å². The molecule has 1 unspecified atom stereocenters. The number of thiophene rings is 1. The van der Waals surface area contributed by atoms with E-state index in [9.17, 15) is 4.79 Å². The molecule has 1 atom stereocenters. The van der Waals surface area contributed by atoms with E-state index in [-0.39, 0.29) is 11.9 Å². The predicted molar refractivity (Wildman–Crippen MR) is 80.7 cm³/mol. The summed E-state index contributed by atoms with van der Waals surface area (Å²) < 4.78 is 0. The van der Waals surface area contributed by atoms with E-state index in [1.165, 1.54) is 0 Å². The number of nitrogens with zero attached hydrogens (tertiary/aromatic N) is 1. The first-order chi connectivity index (χ1) is 9.72. The van der Waals surface area contributed by atoms with E-state index in [1.54, 1.807) is 11.3 Å².